The van der Waals surface area contributed by atoms with E-state index in [1.807, 2.05) is 35.2 Å². The number of nitrogens with zero attached hydrogens (tertiary/aromatic N) is 3. The quantitative estimate of drug-likeness (QED) is 0.599. The number of ether oxygens (including phenoxy) is 1. The van der Waals surface area contributed by atoms with E-state index in [0.717, 1.165) is 18.5 Å². The Morgan fingerprint density at radius 1 is 1.03 bits per heavy atom. The zero-order chi connectivity index (χ0) is 25.7. The monoisotopic (exact) mass is 510 g/mol. The molecule has 0 spiro atoms. The third-order valence-electron chi connectivity index (χ3n) is 6.55. The molecule has 8 nitrogen and oxygen atoms in total. The molecule has 1 N–H and O–H groups in total. The van der Waals surface area contributed by atoms with Gasteiger partial charge in [-0.3, -0.25) is 14.6 Å². The average molecular weight is 511 g/mol. The number of hydrogen-bond donors (Lipinski definition) is 1. The predicted molar refractivity (Wildman–Crippen MR) is 138 cm³/mol. The van der Waals surface area contributed by atoms with Crippen molar-refractivity contribution in [3.05, 3.63) is 82.0 Å². The fraction of sp³-hybridized carbons (Fsp3) is 0.370. The first-order valence-electron chi connectivity index (χ1n) is 12.2. The second-order valence-corrected chi connectivity index (χ2v) is 9.30. The number of amides is 3. The van der Waals surface area contributed by atoms with Crippen molar-refractivity contribution in [2.75, 3.05) is 46.4 Å². The number of benzene rings is 2. The summed E-state index contributed by atoms with van der Waals surface area (Å²) in [5, 5.41) is 3.53. The molecular formula is C27H31ClN4O4. The Morgan fingerprint density at radius 3 is 2.44 bits per heavy atom. The molecular weight excluding hydrogens is 480 g/mol. The van der Waals surface area contributed by atoms with Crippen molar-refractivity contribution in [3.8, 4) is 0 Å². The molecule has 2 heterocycles. The maximum absolute atomic E-state index is 13.1. The molecule has 0 aliphatic carbocycles. The second kappa shape index (κ2) is 11.6. The van der Waals surface area contributed by atoms with Crippen molar-refractivity contribution in [2.24, 2.45) is 0 Å². The number of hydrogen-bond acceptors (Lipinski definition) is 5. The van der Waals surface area contributed by atoms with E-state index in [2.05, 4.69) is 10.2 Å². The fourth-order valence-corrected chi connectivity index (χ4v) is 4.74. The Morgan fingerprint density at radius 2 is 1.75 bits per heavy atom. The van der Waals surface area contributed by atoms with Gasteiger partial charge >= 0.3 is 12.0 Å². The first-order chi connectivity index (χ1) is 17.4. The molecule has 3 amide bonds. The summed E-state index contributed by atoms with van der Waals surface area (Å²) < 4.78 is 5.41. The number of esters is 1. The molecule has 4 rings (SSSR count). The number of halogens is 1. The molecule has 1 atom stereocenters. The third kappa shape index (κ3) is 5.71. The van der Waals surface area contributed by atoms with E-state index in [4.69, 9.17) is 16.3 Å². The third-order valence-corrected chi connectivity index (χ3v) is 6.80. The van der Waals surface area contributed by atoms with Gasteiger partial charge in [-0.05, 0) is 43.2 Å². The van der Waals surface area contributed by atoms with Crippen LogP contribution < -0.4 is 5.32 Å². The fourth-order valence-electron chi connectivity index (χ4n) is 4.61. The van der Waals surface area contributed by atoms with Crippen LogP contribution in [0.4, 0.5) is 4.79 Å². The van der Waals surface area contributed by atoms with Gasteiger partial charge < -0.3 is 15.0 Å². The maximum atomic E-state index is 13.1. The van der Waals surface area contributed by atoms with Crippen LogP contribution in [0.3, 0.4) is 0 Å². The predicted octanol–water partition coefficient (Wildman–Crippen LogP) is 3.70. The topological polar surface area (TPSA) is 82.2 Å². The largest absolute Gasteiger partial charge is 0.463 e. The zero-order valence-electron chi connectivity index (χ0n) is 20.6. The van der Waals surface area contributed by atoms with Crippen LogP contribution in [0.5, 0.6) is 0 Å². The highest BCUT2D eigenvalue weighted by Crippen LogP contribution is 2.31. The number of likely N-dealkylation sites (N-methyl/N-ethyl adjacent to an activating group) is 1. The molecule has 0 aromatic heterocycles. The summed E-state index contributed by atoms with van der Waals surface area (Å²) in [6.45, 7) is 4.92. The first-order valence-corrected chi connectivity index (χ1v) is 12.5. The number of nitrogens with one attached hydrogen (secondary N) is 1. The second-order valence-electron chi connectivity index (χ2n) is 8.86. The Balaban J connectivity index is 1.57. The molecule has 0 saturated carbocycles. The maximum Gasteiger partial charge on any atom is 0.338 e. The molecule has 1 saturated heterocycles. The molecule has 1 fully saturated rings. The van der Waals surface area contributed by atoms with Gasteiger partial charge in [0.2, 0.25) is 0 Å². The summed E-state index contributed by atoms with van der Waals surface area (Å²) in [5.74, 6) is -0.471. The van der Waals surface area contributed by atoms with Crippen LogP contribution in [0.1, 0.15) is 35.3 Å². The van der Waals surface area contributed by atoms with Gasteiger partial charge in [0.25, 0.3) is 5.91 Å². The average Bonchev–Trinajstić information content (AvgIpc) is 3.13. The van der Waals surface area contributed by atoms with Gasteiger partial charge in [0, 0.05) is 56.1 Å². The standard InChI is InChI=1S/C27H31ClN4O4/c1-3-36-26(34)23-22(30(2)27(35)29-24(23)19-8-5-4-6-9-19)18-31-14-7-15-32(17-16-31)25(33)20-10-12-21(28)13-11-20/h4-6,8-13,24H,3,7,14-18H2,1-2H3,(H,29,35)/t24-/m1/s1. The van der Waals surface area contributed by atoms with Crippen molar-refractivity contribution < 1.29 is 19.1 Å². The smallest absolute Gasteiger partial charge is 0.338 e. The lowest BCUT2D eigenvalue weighted by Gasteiger charge is -2.36. The van der Waals surface area contributed by atoms with Gasteiger partial charge in [-0.25, -0.2) is 9.59 Å². The summed E-state index contributed by atoms with van der Waals surface area (Å²) in [6.07, 6.45) is 0.777. The molecule has 2 aliphatic rings. The Hall–Kier alpha value is -3.36. The van der Waals surface area contributed by atoms with E-state index < -0.39 is 12.0 Å². The number of carbonyl (C=O) groups excluding carboxylic acids is 3. The van der Waals surface area contributed by atoms with E-state index in [1.54, 1.807) is 38.2 Å². The molecule has 0 unspecified atom stereocenters. The Labute approximate surface area is 216 Å². The van der Waals surface area contributed by atoms with Crippen molar-refractivity contribution in [2.45, 2.75) is 19.4 Å². The molecule has 2 aliphatic heterocycles. The van der Waals surface area contributed by atoms with Gasteiger partial charge in [-0.15, -0.1) is 0 Å². The molecule has 2 aromatic carbocycles. The van der Waals surface area contributed by atoms with Crippen molar-refractivity contribution >= 4 is 29.5 Å². The summed E-state index contributed by atoms with van der Waals surface area (Å²) in [6, 6.07) is 15.5. The number of rotatable bonds is 6. The van der Waals surface area contributed by atoms with Crippen LogP contribution in [-0.4, -0.2) is 79.0 Å². The Kier molecular flexibility index (Phi) is 8.28. The lowest BCUT2D eigenvalue weighted by molar-refractivity contribution is -0.139. The lowest BCUT2D eigenvalue weighted by atomic mass is 9.94. The van der Waals surface area contributed by atoms with Crippen LogP contribution in [0.15, 0.2) is 65.9 Å². The van der Waals surface area contributed by atoms with E-state index in [0.29, 0.717) is 48.0 Å². The first kappa shape index (κ1) is 25.7. The van der Waals surface area contributed by atoms with Crippen molar-refractivity contribution in [1.29, 1.82) is 0 Å². The molecule has 2 aromatic rings. The SMILES string of the molecule is CCOC(=O)C1=C(CN2CCCN(C(=O)c3ccc(Cl)cc3)CC2)N(C)C(=O)N[C@@H]1c1ccccc1. The van der Waals surface area contributed by atoms with Gasteiger partial charge in [-0.2, -0.15) is 0 Å². The number of carbonyl (C=O) groups is 3. The minimum absolute atomic E-state index is 0.0294. The summed E-state index contributed by atoms with van der Waals surface area (Å²) in [7, 11) is 1.67. The van der Waals surface area contributed by atoms with E-state index in [9.17, 15) is 14.4 Å². The highest BCUT2D eigenvalue weighted by molar-refractivity contribution is 6.30. The molecule has 36 heavy (non-hydrogen) atoms. The van der Waals surface area contributed by atoms with E-state index >= 15 is 0 Å². The van der Waals surface area contributed by atoms with Crippen molar-refractivity contribution in [3.63, 3.8) is 0 Å². The highest BCUT2D eigenvalue weighted by Gasteiger charge is 2.37. The van der Waals surface area contributed by atoms with Gasteiger partial charge in [0.1, 0.15) is 0 Å². The minimum atomic E-state index is -0.598. The summed E-state index contributed by atoms with van der Waals surface area (Å²) >= 11 is 5.96. The molecule has 0 bridgehead atoms. The number of urea groups is 1. The zero-order valence-corrected chi connectivity index (χ0v) is 21.3. The summed E-state index contributed by atoms with van der Waals surface area (Å²) in [5.41, 5.74) is 2.47. The van der Waals surface area contributed by atoms with Crippen LogP contribution >= 0.6 is 11.6 Å². The lowest BCUT2D eigenvalue weighted by Crippen LogP contribution is -2.49. The normalized spacial score (nSPS) is 19.1. The van der Waals surface area contributed by atoms with Crippen LogP contribution in [0.2, 0.25) is 5.02 Å². The van der Waals surface area contributed by atoms with Gasteiger partial charge in [0.15, 0.2) is 0 Å². The molecule has 190 valence electrons. The summed E-state index contributed by atoms with van der Waals surface area (Å²) in [4.78, 5) is 44.5. The van der Waals surface area contributed by atoms with Crippen LogP contribution in [-0.2, 0) is 9.53 Å². The van der Waals surface area contributed by atoms with Gasteiger partial charge in [-0.1, -0.05) is 41.9 Å². The Bertz CT molecular complexity index is 1140. The van der Waals surface area contributed by atoms with E-state index in [-0.39, 0.29) is 18.5 Å². The van der Waals surface area contributed by atoms with E-state index in [1.165, 1.54) is 4.90 Å². The minimum Gasteiger partial charge on any atom is -0.463 e. The van der Waals surface area contributed by atoms with Crippen LogP contribution in [0.25, 0.3) is 0 Å². The molecule has 0 radical (unpaired) electrons. The van der Waals surface area contributed by atoms with Crippen LogP contribution in [0, 0.1) is 0 Å². The van der Waals surface area contributed by atoms with Crippen molar-refractivity contribution in [1.82, 2.24) is 20.0 Å². The molecule has 9 heteroatoms. The van der Waals surface area contributed by atoms with Gasteiger partial charge in [0.05, 0.1) is 18.2 Å². The highest BCUT2D eigenvalue weighted by atomic mass is 35.5.